The molecule has 2 fully saturated rings. The number of urea groups is 1. The van der Waals surface area contributed by atoms with Gasteiger partial charge < -0.3 is 10.2 Å². The number of hydrogen-bond donors (Lipinski definition) is 2. The third-order valence-electron chi connectivity index (χ3n) is 5.78. The van der Waals surface area contributed by atoms with Crippen LogP contribution in [0.25, 0.3) is 10.2 Å². The van der Waals surface area contributed by atoms with Gasteiger partial charge in [-0.05, 0) is 31.9 Å². The molecule has 1 aromatic carbocycles. The minimum Gasteiger partial charge on any atom is -0.323 e. The van der Waals surface area contributed by atoms with Crippen molar-refractivity contribution in [1.82, 2.24) is 15.2 Å². The Kier molecular flexibility index (Phi) is 4.44. The van der Waals surface area contributed by atoms with Crippen molar-refractivity contribution in [2.75, 3.05) is 13.7 Å². The predicted molar refractivity (Wildman–Crippen MR) is 101 cm³/mol. The summed E-state index contributed by atoms with van der Waals surface area (Å²) >= 11 is 1.68. The Hall–Kier alpha value is -1.99. The van der Waals surface area contributed by atoms with Gasteiger partial charge in [-0.1, -0.05) is 31.4 Å². The number of nitrogens with zero attached hydrogens (tertiary/aromatic N) is 2. The third-order valence-corrected chi connectivity index (χ3v) is 7.00. The van der Waals surface area contributed by atoms with Crippen molar-refractivity contribution in [1.29, 1.82) is 0 Å². The number of fused-ring (bicyclic) bond motifs is 1. The number of carbonyl (C=O) groups excluding carboxylic acids is 2. The van der Waals surface area contributed by atoms with E-state index in [2.05, 4.69) is 18.3 Å². The highest BCUT2D eigenvalue weighted by atomic mass is 32.1. The maximum absolute atomic E-state index is 12.9. The molecule has 2 atom stereocenters. The fourth-order valence-electron chi connectivity index (χ4n) is 3.99. The Balaban J connectivity index is 1.49. The standard InChI is InChI=1S/C19H24N4O2S/c1-13(16-20-14-8-4-5-9-15(14)26-16)22(2)12-23-17(24)19(21-18(23)25)10-6-3-7-11-19/h4-5,8-9,13H,3,6-7,10-12H2,1-2H3,(H,21,25)/p+1/t13-/m1/s1. The fraction of sp³-hybridized carbons (Fsp3) is 0.526. The minimum absolute atomic E-state index is 0.0435. The van der Waals surface area contributed by atoms with E-state index >= 15 is 0 Å². The Morgan fingerprint density at radius 2 is 2.00 bits per heavy atom. The molecule has 1 unspecified atom stereocenters. The molecular weight excluding hydrogens is 348 g/mol. The topological polar surface area (TPSA) is 66.7 Å². The Labute approximate surface area is 157 Å². The minimum atomic E-state index is -0.644. The van der Waals surface area contributed by atoms with Crippen molar-refractivity contribution in [2.24, 2.45) is 0 Å². The van der Waals surface area contributed by atoms with Crippen molar-refractivity contribution >= 4 is 33.5 Å². The van der Waals surface area contributed by atoms with Gasteiger partial charge in [0, 0.05) is 0 Å². The van der Waals surface area contributed by atoms with Crippen LogP contribution < -0.4 is 10.2 Å². The van der Waals surface area contributed by atoms with Crippen LogP contribution in [0.4, 0.5) is 4.79 Å². The zero-order valence-electron chi connectivity index (χ0n) is 15.2. The number of hydrogen-bond acceptors (Lipinski definition) is 4. The van der Waals surface area contributed by atoms with Crippen LogP contribution >= 0.6 is 11.3 Å². The molecule has 1 saturated carbocycles. The molecule has 2 aromatic rings. The average molecular weight is 374 g/mol. The first-order valence-corrected chi connectivity index (χ1v) is 10.1. The SMILES string of the molecule is C[C@H](c1nc2ccccc2s1)[NH+](C)CN1C(=O)NC2(CCCCC2)C1=O. The highest BCUT2D eigenvalue weighted by molar-refractivity contribution is 7.18. The molecule has 1 aromatic heterocycles. The van der Waals surface area contributed by atoms with Gasteiger partial charge in [0.15, 0.2) is 11.7 Å². The van der Waals surface area contributed by atoms with E-state index in [9.17, 15) is 9.59 Å². The summed E-state index contributed by atoms with van der Waals surface area (Å²) < 4.78 is 1.17. The van der Waals surface area contributed by atoms with Gasteiger partial charge in [-0.3, -0.25) is 4.79 Å². The van der Waals surface area contributed by atoms with Crippen molar-refractivity contribution in [3.63, 3.8) is 0 Å². The zero-order chi connectivity index (χ0) is 18.3. The van der Waals surface area contributed by atoms with Crippen LogP contribution in [0.15, 0.2) is 24.3 Å². The normalized spacial score (nSPS) is 22.0. The van der Waals surface area contributed by atoms with Gasteiger partial charge in [0.05, 0.1) is 17.3 Å². The second-order valence-corrected chi connectivity index (χ2v) is 8.61. The van der Waals surface area contributed by atoms with Crippen LogP contribution in [0.3, 0.4) is 0 Å². The first-order chi connectivity index (χ1) is 12.5. The molecule has 1 spiro atoms. The van der Waals surface area contributed by atoms with Crippen LogP contribution in [-0.4, -0.2) is 41.1 Å². The van der Waals surface area contributed by atoms with E-state index in [0.29, 0.717) is 6.67 Å². The van der Waals surface area contributed by atoms with Crippen molar-refractivity contribution in [3.05, 3.63) is 29.3 Å². The molecule has 0 bridgehead atoms. The molecular formula is C19H25N4O2S+. The van der Waals surface area contributed by atoms with Gasteiger partial charge in [-0.2, -0.15) is 0 Å². The summed E-state index contributed by atoms with van der Waals surface area (Å²) in [5.41, 5.74) is 0.359. The Morgan fingerprint density at radius 3 is 2.73 bits per heavy atom. The van der Waals surface area contributed by atoms with E-state index in [4.69, 9.17) is 4.98 Å². The highest BCUT2D eigenvalue weighted by Gasteiger charge is 2.52. The summed E-state index contributed by atoms with van der Waals surface area (Å²) in [5, 5.41) is 4.02. The largest absolute Gasteiger partial charge is 0.329 e. The van der Waals surface area contributed by atoms with E-state index in [1.54, 1.807) is 11.3 Å². The summed E-state index contributed by atoms with van der Waals surface area (Å²) in [6, 6.07) is 7.96. The lowest BCUT2D eigenvalue weighted by Crippen LogP contribution is -3.10. The fourth-order valence-corrected chi connectivity index (χ4v) is 5.10. The lowest BCUT2D eigenvalue weighted by molar-refractivity contribution is -0.917. The number of quaternary nitrogens is 1. The van der Waals surface area contributed by atoms with E-state index in [-0.39, 0.29) is 18.0 Å². The molecule has 2 aliphatic rings. The van der Waals surface area contributed by atoms with Gasteiger partial charge in [0.1, 0.15) is 11.6 Å². The molecule has 2 N–H and O–H groups in total. The van der Waals surface area contributed by atoms with E-state index in [0.717, 1.165) is 47.5 Å². The van der Waals surface area contributed by atoms with Crippen LogP contribution in [-0.2, 0) is 4.79 Å². The van der Waals surface area contributed by atoms with Crippen molar-refractivity contribution in [2.45, 2.75) is 50.6 Å². The van der Waals surface area contributed by atoms with Crippen molar-refractivity contribution in [3.8, 4) is 0 Å². The Bertz CT molecular complexity index is 810. The zero-order valence-corrected chi connectivity index (χ0v) is 16.1. The smallest absolute Gasteiger partial charge is 0.323 e. The molecule has 0 radical (unpaired) electrons. The van der Waals surface area contributed by atoms with Crippen molar-refractivity contribution < 1.29 is 14.5 Å². The third kappa shape index (κ3) is 2.89. The number of para-hydroxylation sites is 1. The van der Waals surface area contributed by atoms with Gasteiger partial charge in [-0.25, -0.2) is 14.7 Å². The highest BCUT2D eigenvalue weighted by Crippen LogP contribution is 2.33. The summed E-state index contributed by atoms with van der Waals surface area (Å²) in [4.78, 5) is 32.6. The van der Waals surface area contributed by atoms with Gasteiger partial charge >= 0.3 is 6.03 Å². The quantitative estimate of drug-likeness (QED) is 0.807. The summed E-state index contributed by atoms with van der Waals surface area (Å²) in [6.07, 6.45) is 4.68. The Morgan fingerprint density at radius 1 is 1.27 bits per heavy atom. The van der Waals surface area contributed by atoms with Gasteiger partial charge in [-0.15, -0.1) is 11.3 Å². The monoisotopic (exact) mass is 373 g/mol. The second-order valence-electron chi connectivity index (χ2n) is 7.55. The summed E-state index contributed by atoms with van der Waals surface area (Å²) in [7, 11) is 2.02. The molecule has 7 heteroatoms. The van der Waals surface area contributed by atoms with E-state index in [1.807, 2.05) is 25.2 Å². The average Bonchev–Trinajstić information content (AvgIpc) is 3.17. The molecule has 138 valence electrons. The maximum atomic E-state index is 12.9. The number of carbonyl (C=O) groups is 2. The number of amides is 3. The lowest BCUT2D eigenvalue weighted by Gasteiger charge is -2.30. The molecule has 1 aliphatic heterocycles. The molecule has 1 saturated heterocycles. The predicted octanol–water partition coefficient (Wildman–Crippen LogP) is 2.08. The molecule has 3 amide bonds. The number of rotatable bonds is 4. The molecule has 4 rings (SSSR count). The first-order valence-electron chi connectivity index (χ1n) is 9.32. The summed E-state index contributed by atoms with van der Waals surface area (Å²) in [6.45, 7) is 2.46. The summed E-state index contributed by atoms with van der Waals surface area (Å²) in [5.74, 6) is -0.0435. The first kappa shape index (κ1) is 17.4. The number of nitrogens with one attached hydrogen (secondary N) is 2. The number of thiazole rings is 1. The molecule has 2 heterocycles. The van der Waals surface area contributed by atoms with E-state index in [1.165, 1.54) is 9.60 Å². The molecule has 26 heavy (non-hydrogen) atoms. The van der Waals surface area contributed by atoms with Crippen LogP contribution in [0.1, 0.15) is 50.1 Å². The van der Waals surface area contributed by atoms with Crippen LogP contribution in [0, 0.1) is 0 Å². The molecule has 6 nitrogen and oxygen atoms in total. The lowest BCUT2D eigenvalue weighted by atomic mass is 9.82. The number of benzene rings is 1. The maximum Gasteiger partial charge on any atom is 0.329 e. The number of aromatic nitrogens is 1. The molecule has 1 aliphatic carbocycles. The van der Waals surface area contributed by atoms with Gasteiger partial charge in [0.25, 0.3) is 5.91 Å². The van der Waals surface area contributed by atoms with Gasteiger partial charge in [0.2, 0.25) is 0 Å². The van der Waals surface area contributed by atoms with E-state index < -0.39 is 5.54 Å². The number of imide groups is 1. The van der Waals surface area contributed by atoms with Crippen LogP contribution in [0.2, 0.25) is 0 Å². The van der Waals surface area contributed by atoms with Crippen LogP contribution in [0.5, 0.6) is 0 Å². The second kappa shape index (κ2) is 6.63.